The van der Waals surface area contributed by atoms with Gasteiger partial charge in [-0.15, -0.1) is 10.2 Å². The second-order valence-electron chi connectivity index (χ2n) is 4.28. The van der Waals surface area contributed by atoms with Crippen molar-refractivity contribution in [3.8, 4) is 11.8 Å². The lowest BCUT2D eigenvalue weighted by atomic mass is 10.2. The molecule has 0 bridgehead atoms. The van der Waals surface area contributed by atoms with E-state index in [1.807, 2.05) is 30.3 Å². The Labute approximate surface area is 122 Å². The third-order valence-electron chi connectivity index (χ3n) is 2.71. The van der Waals surface area contributed by atoms with E-state index >= 15 is 0 Å². The van der Waals surface area contributed by atoms with Crippen LogP contribution in [0.4, 0.5) is 5.69 Å². The lowest BCUT2D eigenvalue weighted by molar-refractivity contribution is 0.309. The third kappa shape index (κ3) is 4.31. The summed E-state index contributed by atoms with van der Waals surface area (Å²) >= 11 is 0. The molecule has 7 nitrogen and oxygen atoms in total. The number of ether oxygens (including phenoxy) is 1. The Balaban J connectivity index is 1.95. The van der Waals surface area contributed by atoms with Crippen molar-refractivity contribution in [2.75, 3.05) is 11.9 Å². The first-order chi connectivity index (χ1) is 10.3. The molecule has 7 heteroatoms. The molecule has 0 radical (unpaired) electrons. The average molecular weight is 284 g/mol. The van der Waals surface area contributed by atoms with Crippen LogP contribution in [0.5, 0.6) is 5.75 Å². The van der Waals surface area contributed by atoms with Crippen molar-refractivity contribution in [3.05, 3.63) is 36.3 Å². The summed E-state index contributed by atoms with van der Waals surface area (Å²) in [7, 11) is 0. The number of aromatic nitrogens is 4. The first-order valence-corrected chi connectivity index (χ1v) is 6.67. The molecule has 2 N–H and O–H groups in total. The number of allylic oxidation sites excluding steroid dienone is 1. The lowest BCUT2D eigenvalue weighted by Gasteiger charge is -2.06. The molecular formula is C14H16N6O. The standard InChI is InChI=1S/C14H16N6O/c1-2-3-8-21-13-6-4-12(5-7-13)16-10-11(9-15)14-17-19-20-18-14/h4-7,10,16H,2-3,8H2,1H3,(H,17,18,19,20). The number of tetrazole rings is 1. The Morgan fingerprint density at radius 1 is 1.43 bits per heavy atom. The van der Waals surface area contributed by atoms with Crippen molar-refractivity contribution >= 4 is 11.3 Å². The number of rotatable bonds is 7. The number of nitrogens with zero attached hydrogens (tertiary/aromatic N) is 4. The number of anilines is 1. The van der Waals surface area contributed by atoms with Crippen molar-refractivity contribution in [3.63, 3.8) is 0 Å². The summed E-state index contributed by atoms with van der Waals surface area (Å²) in [5.74, 6) is 1.08. The molecule has 1 aromatic heterocycles. The molecule has 1 aromatic carbocycles. The molecule has 0 aliphatic carbocycles. The molecule has 0 fully saturated rings. The van der Waals surface area contributed by atoms with Crippen LogP contribution < -0.4 is 10.1 Å². The number of unbranched alkanes of at least 4 members (excludes halogenated alkanes) is 1. The molecule has 108 valence electrons. The third-order valence-corrected chi connectivity index (χ3v) is 2.71. The molecule has 0 spiro atoms. The Kier molecular flexibility index (Phi) is 5.29. The van der Waals surface area contributed by atoms with Crippen LogP contribution >= 0.6 is 0 Å². The van der Waals surface area contributed by atoms with E-state index in [1.54, 1.807) is 0 Å². The molecule has 0 atom stereocenters. The highest BCUT2D eigenvalue weighted by Crippen LogP contribution is 2.17. The van der Waals surface area contributed by atoms with Crippen molar-refractivity contribution < 1.29 is 4.74 Å². The molecule has 0 aliphatic rings. The zero-order chi connectivity index (χ0) is 14.9. The second-order valence-corrected chi connectivity index (χ2v) is 4.28. The maximum Gasteiger partial charge on any atom is 0.216 e. The van der Waals surface area contributed by atoms with Gasteiger partial charge in [0.05, 0.1) is 6.61 Å². The van der Waals surface area contributed by atoms with Crippen LogP contribution in [0.25, 0.3) is 5.57 Å². The molecule has 0 saturated carbocycles. The predicted molar refractivity (Wildman–Crippen MR) is 78.2 cm³/mol. The van der Waals surface area contributed by atoms with Gasteiger partial charge in [0.1, 0.15) is 17.4 Å². The lowest BCUT2D eigenvalue weighted by Crippen LogP contribution is -1.97. The van der Waals surface area contributed by atoms with E-state index in [4.69, 9.17) is 10.00 Å². The molecular weight excluding hydrogens is 268 g/mol. The van der Waals surface area contributed by atoms with Crippen LogP contribution in [0, 0.1) is 11.3 Å². The highest BCUT2D eigenvalue weighted by atomic mass is 16.5. The first-order valence-electron chi connectivity index (χ1n) is 6.67. The van der Waals surface area contributed by atoms with Gasteiger partial charge in [-0.3, -0.25) is 0 Å². The Bertz CT molecular complexity index is 612. The van der Waals surface area contributed by atoms with Gasteiger partial charge in [-0.1, -0.05) is 13.3 Å². The summed E-state index contributed by atoms with van der Waals surface area (Å²) in [4.78, 5) is 0. The van der Waals surface area contributed by atoms with E-state index in [9.17, 15) is 0 Å². The monoisotopic (exact) mass is 284 g/mol. The molecule has 0 saturated heterocycles. The first kappa shape index (κ1) is 14.5. The molecule has 2 aromatic rings. The largest absolute Gasteiger partial charge is 0.494 e. The topological polar surface area (TPSA) is 99.5 Å². The van der Waals surface area contributed by atoms with E-state index in [0.717, 1.165) is 30.9 Å². The van der Waals surface area contributed by atoms with E-state index < -0.39 is 0 Å². The van der Waals surface area contributed by atoms with Crippen LogP contribution in [-0.4, -0.2) is 27.2 Å². The smallest absolute Gasteiger partial charge is 0.216 e. The fraction of sp³-hybridized carbons (Fsp3) is 0.286. The number of hydrogen-bond donors (Lipinski definition) is 2. The van der Waals surface area contributed by atoms with Gasteiger partial charge in [-0.2, -0.15) is 10.5 Å². The van der Waals surface area contributed by atoms with E-state index in [0.29, 0.717) is 5.57 Å². The Morgan fingerprint density at radius 2 is 2.24 bits per heavy atom. The number of aromatic amines is 1. The summed E-state index contributed by atoms with van der Waals surface area (Å²) in [6.45, 7) is 2.85. The maximum atomic E-state index is 9.04. The summed E-state index contributed by atoms with van der Waals surface area (Å²) in [6, 6.07) is 9.53. The van der Waals surface area contributed by atoms with Crippen LogP contribution in [0.3, 0.4) is 0 Å². The number of hydrogen-bond acceptors (Lipinski definition) is 6. The van der Waals surface area contributed by atoms with Crippen molar-refractivity contribution in [1.82, 2.24) is 20.6 Å². The van der Waals surface area contributed by atoms with Crippen molar-refractivity contribution in [2.45, 2.75) is 19.8 Å². The highest BCUT2D eigenvalue weighted by molar-refractivity contribution is 5.74. The SMILES string of the molecule is CCCCOc1ccc(NC=C(C#N)c2nn[nH]n2)cc1. The van der Waals surface area contributed by atoms with E-state index in [2.05, 4.69) is 32.9 Å². The predicted octanol–water partition coefficient (Wildman–Crippen LogP) is 2.36. The zero-order valence-electron chi connectivity index (χ0n) is 11.7. The van der Waals surface area contributed by atoms with E-state index in [1.165, 1.54) is 6.20 Å². The summed E-state index contributed by atoms with van der Waals surface area (Å²) in [6.07, 6.45) is 3.69. The minimum absolute atomic E-state index is 0.254. The maximum absolute atomic E-state index is 9.04. The molecule has 0 amide bonds. The van der Waals surface area contributed by atoms with Crippen molar-refractivity contribution in [1.29, 1.82) is 5.26 Å². The fourth-order valence-corrected chi connectivity index (χ4v) is 1.56. The zero-order valence-corrected chi connectivity index (χ0v) is 11.7. The number of nitrogens with one attached hydrogen (secondary N) is 2. The average Bonchev–Trinajstić information content (AvgIpc) is 3.04. The van der Waals surface area contributed by atoms with Gasteiger partial charge in [-0.25, -0.2) is 0 Å². The van der Waals surface area contributed by atoms with Crippen molar-refractivity contribution in [2.24, 2.45) is 0 Å². The number of nitriles is 1. The number of H-pyrrole nitrogens is 1. The van der Waals surface area contributed by atoms with Gasteiger partial charge in [0.15, 0.2) is 0 Å². The Hall–Kier alpha value is -2.88. The van der Waals surface area contributed by atoms with Gasteiger partial charge in [-0.05, 0) is 35.9 Å². The summed E-state index contributed by atoms with van der Waals surface area (Å²) < 4.78 is 5.58. The Morgan fingerprint density at radius 3 is 2.86 bits per heavy atom. The molecule has 1 heterocycles. The molecule has 2 rings (SSSR count). The fourth-order valence-electron chi connectivity index (χ4n) is 1.56. The van der Waals surface area contributed by atoms with Gasteiger partial charge in [0, 0.05) is 11.9 Å². The molecule has 0 unspecified atom stereocenters. The number of benzene rings is 1. The normalized spacial score (nSPS) is 11.0. The molecule has 21 heavy (non-hydrogen) atoms. The van der Waals surface area contributed by atoms with Crippen LogP contribution in [0.15, 0.2) is 30.5 Å². The molecule has 0 aliphatic heterocycles. The minimum atomic E-state index is 0.254. The van der Waals surface area contributed by atoms with Crippen LogP contribution in [0.1, 0.15) is 25.6 Å². The highest BCUT2D eigenvalue weighted by Gasteiger charge is 2.05. The summed E-state index contributed by atoms with van der Waals surface area (Å²) in [5.41, 5.74) is 1.14. The second kappa shape index (κ2) is 7.65. The quantitative estimate of drug-likeness (QED) is 0.598. The summed E-state index contributed by atoms with van der Waals surface area (Å²) in [5, 5.41) is 25.3. The van der Waals surface area contributed by atoms with E-state index in [-0.39, 0.29) is 5.82 Å². The minimum Gasteiger partial charge on any atom is -0.494 e. The van der Waals surface area contributed by atoms with Crippen LogP contribution in [0.2, 0.25) is 0 Å². The van der Waals surface area contributed by atoms with Gasteiger partial charge in [0.2, 0.25) is 5.82 Å². The van der Waals surface area contributed by atoms with Crippen LogP contribution in [-0.2, 0) is 0 Å². The van der Waals surface area contributed by atoms with Gasteiger partial charge < -0.3 is 10.1 Å². The van der Waals surface area contributed by atoms with Gasteiger partial charge in [0.25, 0.3) is 0 Å². The van der Waals surface area contributed by atoms with Gasteiger partial charge >= 0.3 is 0 Å².